The van der Waals surface area contributed by atoms with E-state index < -0.39 is 10.1 Å². The van der Waals surface area contributed by atoms with Gasteiger partial charge < -0.3 is 29.0 Å². The summed E-state index contributed by atoms with van der Waals surface area (Å²) in [4.78, 5) is 0. The summed E-state index contributed by atoms with van der Waals surface area (Å²) in [6.45, 7) is 27.4. The van der Waals surface area contributed by atoms with Crippen molar-refractivity contribution in [3.8, 4) is 40.2 Å². The van der Waals surface area contributed by atoms with Gasteiger partial charge in [0, 0.05) is 10.8 Å². The van der Waals surface area contributed by atoms with Gasteiger partial charge in [0.25, 0.3) is 0 Å². The molecule has 0 saturated heterocycles. The molecular formula is C91H122O8S. The average Bonchev–Trinajstić information content (AvgIpc) is 0.752. The number of hydrogen-bond donors (Lipinski definition) is 3. The molecule has 6 saturated carbocycles. The third kappa shape index (κ3) is 22.9. The Balaban J connectivity index is 0.000000157. The third-order valence-electron chi connectivity index (χ3n) is 23.2. The molecule has 4 bridgehead atoms. The molecule has 0 amide bonds. The lowest BCUT2D eigenvalue weighted by Gasteiger charge is -2.56. The number of benzene rings is 8. The molecule has 9 unspecified atom stereocenters. The highest BCUT2D eigenvalue weighted by Crippen LogP contribution is 2.60. The van der Waals surface area contributed by atoms with Gasteiger partial charge in [0.15, 0.2) is 0 Å². The maximum absolute atomic E-state index is 12.9. The van der Waals surface area contributed by atoms with E-state index in [1.807, 2.05) is 72.8 Å². The molecule has 0 spiro atoms. The Hall–Kier alpha value is -7.23. The average molecular weight is 1380 g/mol. The van der Waals surface area contributed by atoms with Crippen LogP contribution in [0, 0.1) is 35.0 Å². The summed E-state index contributed by atoms with van der Waals surface area (Å²) < 4.78 is 43.6. The lowest BCUT2D eigenvalue weighted by Crippen LogP contribution is -2.48. The first-order chi connectivity index (χ1) is 48.1. The van der Waals surface area contributed by atoms with Crippen LogP contribution in [0.4, 0.5) is 0 Å². The molecule has 0 aliphatic heterocycles. The van der Waals surface area contributed by atoms with Crippen molar-refractivity contribution in [2.24, 2.45) is 35.0 Å². The second-order valence-corrected chi connectivity index (χ2v) is 32.1. The lowest BCUT2D eigenvalue weighted by molar-refractivity contribution is -0.0745. The van der Waals surface area contributed by atoms with Crippen molar-refractivity contribution in [1.82, 2.24) is 0 Å². The minimum atomic E-state index is -3.55. The van der Waals surface area contributed by atoms with Gasteiger partial charge in [-0.05, 0) is 273 Å². The van der Waals surface area contributed by atoms with Gasteiger partial charge in [-0.1, -0.05) is 224 Å². The van der Waals surface area contributed by atoms with Crippen LogP contribution in [-0.2, 0) is 10.1 Å². The molecule has 540 valence electrons. The lowest BCUT2D eigenvalue weighted by atomic mass is 9.50. The van der Waals surface area contributed by atoms with Crippen molar-refractivity contribution >= 4 is 20.9 Å². The van der Waals surface area contributed by atoms with Gasteiger partial charge in [-0.2, -0.15) is 8.42 Å². The smallest absolute Gasteiger partial charge is 0.312 e. The number of aromatic hydroxyl groups is 3. The highest BCUT2D eigenvalue weighted by atomic mass is 32.2. The maximum Gasteiger partial charge on any atom is 0.312 e. The van der Waals surface area contributed by atoms with Crippen LogP contribution in [0.15, 0.2) is 188 Å². The first-order valence-electron chi connectivity index (χ1n) is 38.5. The number of phenols is 3. The van der Waals surface area contributed by atoms with Gasteiger partial charge in [0.1, 0.15) is 45.5 Å². The number of fused-ring (bicyclic) bond motifs is 2. The Morgan fingerprint density at radius 1 is 0.400 bits per heavy atom. The minimum Gasteiger partial charge on any atom is -0.508 e. The van der Waals surface area contributed by atoms with Crippen molar-refractivity contribution in [3.63, 3.8) is 0 Å². The van der Waals surface area contributed by atoms with Gasteiger partial charge in [0.2, 0.25) is 0 Å². The topological polar surface area (TPSA) is 123 Å². The van der Waals surface area contributed by atoms with Crippen LogP contribution >= 0.6 is 0 Å². The summed E-state index contributed by atoms with van der Waals surface area (Å²) in [6, 6.07) is 61.6. The molecule has 8 nitrogen and oxygen atoms in total. The van der Waals surface area contributed by atoms with E-state index in [0.717, 1.165) is 105 Å². The van der Waals surface area contributed by atoms with Crippen molar-refractivity contribution < 1.29 is 37.4 Å². The Morgan fingerprint density at radius 2 is 0.750 bits per heavy atom. The summed E-state index contributed by atoms with van der Waals surface area (Å²) in [6.07, 6.45) is 23.3. The van der Waals surface area contributed by atoms with Crippen LogP contribution < -0.4 is 13.7 Å². The number of hydrogen-bond acceptors (Lipinski definition) is 8. The van der Waals surface area contributed by atoms with Crippen LogP contribution in [0.2, 0.25) is 0 Å². The molecule has 8 aromatic carbocycles. The molecule has 0 heterocycles. The van der Waals surface area contributed by atoms with Crippen molar-refractivity contribution in [3.05, 3.63) is 221 Å². The van der Waals surface area contributed by atoms with E-state index in [9.17, 15) is 8.42 Å². The number of rotatable bonds is 20. The fourth-order valence-electron chi connectivity index (χ4n) is 16.0. The van der Waals surface area contributed by atoms with E-state index in [1.165, 1.54) is 103 Å². The summed E-state index contributed by atoms with van der Waals surface area (Å²) in [5.41, 5.74) is 8.44. The molecule has 6 fully saturated rings. The van der Waals surface area contributed by atoms with E-state index >= 15 is 0 Å². The highest BCUT2D eigenvalue weighted by molar-refractivity contribution is 7.87. The predicted molar refractivity (Wildman–Crippen MR) is 419 cm³/mol. The summed E-state index contributed by atoms with van der Waals surface area (Å²) in [5, 5.41) is 29.1. The quantitative estimate of drug-likeness (QED) is 0.0645. The molecule has 8 aromatic rings. The van der Waals surface area contributed by atoms with Gasteiger partial charge in [0.05, 0.1) is 6.61 Å². The van der Waals surface area contributed by atoms with Crippen LogP contribution in [0.1, 0.15) is 274 Å². The first-order valence-corrected chi connectivity index (χ1v) is 40.0. The van der Waals surface area contributed by atoms with E-state index in [1.54, 1.807) is 48.5 Å². The van der Waals surface area contributed by atoms with Crippen molar-refractivity contribution in [2.45, 2.75) is 246 Å². The normalized spacial score (nSPS) is 22.0. The molecule has 0 aromatic heterocycles. The number of ether oxygens (including phenoxy) is 2. The zero-order valence-corrected chi connectivity index (χ0v) is 63.6. The molecule has 6 aliphatic carbocycles. The second-order valence-electron chi connectivity index (χ2n) is 30.4. The molecule has 9 atom stereocenters. The molecule has 3 N–H and O–H groups in total. The zero-order chi connectivity index (χ0) is 71.8. The summed E-state index contributed by atoms with van der Waals surface area (Å²) >= 11 is 0. The van der Waals surface area contributed by atoms with E-state index in [2.05, 4.69) is 150 Å². The minimum absolute atomic E-state index is 0.303. The first kappa shape index (κ1) is 78.5. The highest BCUT2D eigenvalue weighted by Gasteiger charge is 2.51. The van der Waals surface area contributed by atoms with Gasteiger partial charge >= 0.3 is 10.1 Å². The standard InChI is InChI=1S/C21H30O.C20H30O3S.C20H20O.3C10H14O/c1-3-15(2)19-4-6-20(7-5-19)22-14-21-11-16-8-17(12-21)10-18(9-16)13-21;1-3-15(2)16-11-13-18(14-12-16)23-24(21,22)20-10-6-8-17-7-4-5-9-19(17)20;1-3-15(2)16-11-13-18(14-12-16)21-20-10-6-8-17-7-4-5-9-19(17)20;3*1-3-8(2)9-4-6-10(11)7-5-9/h4-7,15-18H,3,8-14H2,1-2H3;11-15,17,19-20H,3-10H2,1-2H3;4-15H,3H2,1-2H3;3*4-8,11H,3H2,1-2H3. The Kier molecular flexibility index (Phi) is 30.4. The van der Waals surface area contributed by atoms with Crippen LogP contribution in [0.25, 0.3) is 10.8 Å². The fourth-order valence-corrected chi connectivity index (χ4v) is 17.7. The summed E-state index contributed by atoms with van der Waals surface area (Å²) in [7, 11) is -3.55. The molecule has 14 rings (SSSR count). The molecule has 0 radical (unpaired) electrons. The third-order valence-corrected chi connectivity index (χ3v) is 24.9. The molecule has 6 aliphatic rings. The van der Waals surface area contributed by atoms with Gasteiger partial charge in [-0.15, -0.1) is 0 Å². The second kappa shape index (κ2) is 38.7. The monoisotopic (exact) mass is 1370 g/mol. The predicted octanol–water partition coefficient (Wildman–Crippen LogP) is 25.9. The molecule has 100 heavy (non-hydrogen) atoms. The van der Waals surface area contributed by atoms with Crippen molar-refractivity contribution in [1.29, 1.82) is 0 Å². The van der Waals surface area contributed by atoms with Gasteiger partial charge in [-0.3, -0.25) is 0 Å². The Labute approximate surface area is 603 Å². The van der Waals surface area contributed by atoms with E-state index in [4.69, 9.17) is 29.0 Å². The van der Waals surface area contributed by atoms with Crippen LogP contribution in [0.5, 0.6) is 40.2 Å². The van der Waals surface area contributed by atoms with Gasteiger partial charge in [-0.25, -0.2) is 0 Å². The maximum atomic E-state index is 12.9. The largest absolute Gasteiger partial charge is 0.508 e. The van der Waals surface area contributed by atoms with E-state index in [0.29, 0.717) is 75.8 Å². The Morgan fingerprint density at radius 3 is 1.16 bits per heavy atom. The number of phenolic OH excluding ortho intramolecular Hbond substituents is 3. The molecular weight excluding hydrogens is 1250 g/mol. The van der Waals surface area contributed by atoms with Crippen molar-refractivity contribution in [2.75, 3.05) is 6.61 Å². The summed E-state index contributed by atoms with van der Waals surface area (Å²) in [5.74, 6) is 11.8. The SMILES string of the molecule is CCC(C)c1ccc(O)cc1.CCC(C)c1ccc(O)cc1.CCC(C)c1ccc(O)cc1.CCC(C)c1ccc(OCC23CC4CC(CC(C4)C2)C3)cc1.CCC(C)c1ccc(OS(=O)(=O)C2CCCC3CCCCC32)cc1.CCC(C)c1ccc(Oc2cccc3ccccc23)cc1. The zero-order valence-electron chi connectivity index (χ0n) is 62.8. The molecule has 9 heteroatoms. The Bertz CT molecular complexity index is 3590. The fraction of sp³-hybridized carbons (Fsp3) is 0.495. The van der Waals surface area contributed by atoms with Crippen LogP contribution in [0.3, 0.4) is 0 Å². The van der Waals surface area contributed by atoms with E-state index in [-0.39, 0.29) is 5.25 Å². The van der Waals surface area contributed by atoms with Crippen LogP contribution in [-0.4, -0.2) is 35.6 Å².